The van der Waals surface area contributed by atoms with E-state index in [1.54, 1.807) is 0 Å². The number of hydrogen-bond donors (Lipinski definition) is 0. The average Bonchev–Trinajstić information content (AvgIpc) is 2.90. The first-order chi connectivity index (χ1) is 9.41. The Labute approximate surface area is 119 Å². The predicted molar refractivity (Wildman–Crippen MR) is 75.2 cm³/mol. The summed E-state index contributed by atoms with van der Waals surface area (Å²) < 4.78 is 29.2. The predicted octanol–water partition coefficient (Wildman–Crippen LogP) is 2.02. The van der Waals surface area contributed by atoms with E-state index in [0.717, 1.165) is 17.7 Å². The normalized spacial score (nSPS) is 30.5. The largest absolute Gasteiger partial charge is 0.490 e. The highest BCUT2D eigenvalue weighted by Gasteiger charge is 2.45. The maximum atomic E-state index is 11.6. The molecule has 2 aliphatic rings. The van der Waals surface area contributed by atoms with Crippen LogP contribution in [0.1, 0.15) is 24.0 Å². The fraction of sp³-hybridized carbons (Fsp3) is 0.533. The minimum Gasteiger partial charge on any atom is -0.490 e. The molecule has 0 bridgehead atoms. The molecule has 20 heavy (non-hydrogen) atoms. The van der Waals surface area contributed by atoms with Gasteiger partial charge in [-0.3, -0.25) is 0 Å². The Morgan fingerprint density at radius 1 is 1.50 bits per heavy atom. The van der Waals surface area contributed by atoms with Crippen molar-refractivity contribution in [3.05, 3.63) is 29.3 Å². The Bertz CT molecular complexity index is 690. The highest BCUT2D eigenvalue weighted by Crippen LogP contribution is 2.40. The van der Waals surface area contributed by atoms with Crippen molar-refractivity contribution in [2.75, 3.05) is 11.5 Å². The van der Waals surface area contributed by atoms with Crippen LogP contribution in [0.2, 0.25) is 0 Å². The number of sulfone groups is 1. The van der Waals surface area contributed by atoms with Crippen LogP contribution in [-0.2, 0) is 16.3 Å². The first kappa shape index (κ1) is 13.4. The zero-order valence-electron chi connectivity index (χ0n) is 11.4. The topological polar surface area (TPSA) is 67.2 Å². The van der Waals surface area contributed by atoms with E-state index in [4.69, 9.17) is 4.74 Å². The van der Waals surface area contributed by atoms with Gasteiger partial charge in [0.2, 0.25) is 0 Å². The summed E-state index contributed by atoms with van der Waals surface area (Å²) >= 11 is 0. The molecule has 2 heterocycles. The zero-order valence-corrected chi connectivity index (χ0v) is 12.2. The second-order valence-corrected chi connectivity index (χ2v) is 8.18. The summed E-state index contributed by atoms with van der Waals surface area (Å²) in [6.07, 6.45) is 1.61. The molecule has 0 aliphatic carbocycles. The van der Waals surface area contributed by atoms with Crippen molar-refractivity contribution in [3.8, 4) is 11.8 Å². The van der Waals surface area contributed by atoms with Gasteiger partial charge < -0.3 is 4.74 Å². The van der Waals surface area contributed by atoms with E-state index in [1.165, 1.54) is 5.56 Å². The molecule has 1 fully saturated rings. The van der Waals surface area contributed by atoms with E-state index in [0.29, 0.717) is 12.8 Å². The van der Waals surface area contributed by atoms with Crippen LogP contribution >= 0.6 is 0 Å². The quantitative estimate of drug-likeness (QED) is 0.836. The van der Waals surface area contributed by atoms with E-state index < -0.39 is 15.3 Å². The van der Waals surface area contributed by atoms with Gasteiger partial charge in [0.05, 0.1) is 23.0 Å². The monoisotopic (exact) mass is 291 g/mol. The fourth-order valence-corrected chi connectivity index (χ4v) is 5.22. The number of fused-ring (bicyclic) bond motifs is 1. The molecule has 0 amide bonds. The van der Waals surface area contributed by atoms with Gasteiger partial charge in [-0.2, -0.15) is 5.26 Å². The molecule has 0 spiro atoms. The lowest BCUT2D eigenvalue weighted by molar-refractivity contribution is 0.177. The average molecular weight is 291 g/mol. The van der Waals surface area contributed by atoms with Crippen molar-refractivity contribution in [1.29, 1.82) is 5.26 Å². The van der Waals surface area contributed by atoms with Crippen molar-refractivity contribution >= 4 is 9.84 Å². The molecule has 1 saturated heterocycles. The molecule has 1 aromatic carbocycles. The third-order valence-electron chi connectivity index (χ3n) is 4.20. The lowest BCUT2D eigenvalue weighted by Crippen LogP contribution is -2.28. The van der Waals surface area contributed by atoms with Crippen molar-refractivity contribution in [3.63, 3.8) is 0 Å². The third kappa shape index (κ3) is 2.40. The van der Waals surface area contributed by atoms with Gasteiger partial charge in [-0.15, -0.1) is 0 Å². The molecule has 3 rings (SSSR count). The van der Waals surface area contributed by atoms with Crippen LogP contribution in [-0.4, -0.2) is 26.0 Å². The number of benzene rings is 1. The van der Waals surface area contributed by atoms with Gasteiger partial charge in [0.1, 0.15) is 11.9 Å². The summed E-state index contributed by atoms with van der Waals surface area (Å²) in [4.78, 5) is 0. The Morgan fingerprint density at radius 3 is 2.95 bits per heavy atom. The number of aryl methyl sites for hydroxylation is 1. The fourth-order valence-electron chi connectivity index (χ4n) is 3.21. The van der Waals surface area contributed by atoms with Crippen molar-refractivity contribution < 1.29 is 13.2 Å². The van der Waals surface area contributed by atoms with E-state index in [-0.39, 0.29) is 17.6 Å². The molecular formula is C15H17NO3S. The Balaban J connectivity index is 1.76. The van der Waals surface area contributed by atoms with Crippen LogP contribution in [0.4, 0.5) is 0 Å². The lowest BCUT2D eigenvalue weighted by atomic mass is 9.82. The highest BCUT2D eigenvalue weighted by atomic mass is 32.2. The van der Waals surface area contributed by atoms with Gasteiger partial charge in [-0.25, -0.2) is 8.42 Å². The molecule has 106 valence electrons. The number of nitrogens with zero attached hydrogens (tertiary/aromatic N) is 1. The Hall–Kier alpha value is -1.54. The van der Waals surface area contributed by atoms with Crippen molar-refractivity contribution in [1.82, 2.24) is 0 Å². The van der Waals surface area contributed by atoms with Crippen molar-refractivity contribution in [2.24, 2.45) is 5.41 Å². The molecule has 2 unspecified atom stereocenters. The Morgan fingerprint density at radius 2 is 2.30 bits per heavy atom. The number of ether oxygens (including phenoxy) is 1. The zero-order chi connectivity index (χ0) is 14.4. The highest BCUT2D eigenvalue weighted by molar-refractivity contribution is 7.91. The summed E-state index contributed by atoms with van der Waals surface area (Å²) in [6.45, 7) is 2.04. The summed E-state index contributed by atoms with van der Waals surface area (Å²) in [7, 11) is -3.06. The summed E-state index contributed by atoms with van der Waals surface area (Å²) in [6, 6.07) is 8.29. The summed E-state index contributed by atoms with van der Waals surface area (Å²) in [5.74, 6) is 0.972. The van der Waals surface area contributed by atoms with Crippen LogP contribution in [0.25, 0.3) is 0 Å². The second-order valence-electron chi connectivity index (χ2n) is 5.99. The van der Waals surface area contributed by atoms with E-state index in [9.17, 15) is 13.7 Å². The molecule has 0 aromatic heterocycles. The van der Waals surface area contributed by atoms with Gasteiger partial charge in [-0.05, 0) is 25.0 Å². The second kappa shape index (κ2) is 4.49. The SMILES string of the molecule is Cc1ccc2c(c1)CC(CC1(C#N)CCS(=O)(=O)C1)O2. The molecule has 5 heteroatoms. The van der Waals surface area contributed by atoms with E-state index in [2.05, 4.69) is 12.1 Å². The van der Waals surface area contributed by atoms with Gasteiger partial charge in [0.15, 0.2) is 9.84 Å². The smallest absolute Gasteiger partial charge is 0.151 e. The van der Waals surface area contributed by atoms with Crippen LogP contribution in [0, 0.1) is 23.7 Å². The van der Waals surface area contributed by atoms with Gasteiger partial charge in [-0.1, -0.05) is 17.7 Å². The minimum absolute atomic E-state index is 0.0221. The molecule has 4 nitrogen and oxygen atoms in total. The number of nitriles is 1. The van der Waals surface area contributed by atoms with Crippen molar-refractivity contribution in [2.45, 2.75) is 32.3 Å². The third-order valence-corrected chi connectivity index (χ3v) is 6.02. The number of hydrogen-bond acceptors (Lipinski definition) is 4. The Kier molecular flexibility index (Phi) is 3.02. The van der Waals surface area contributed by atoms with Gasteiger partial charge >= 0.3 is 0 Å². The van der Waals surface area contributed by atoms with Crippen LogP contribution in [0.5, 0.6) is 5.75 Å². The first-order valence-corrected chi connectivity index (χ1v) is 8.61. The standard InChI is InChI=1S/C15H17NO3S/c1-11-2-3-14-12(6-11)7-13(19-14)8-15(9-16)4-5-20(17,18)10-15/h2-3,6,13H,4-5,7-8,10H2,1H3. The molecule has 2 atom stereocenters. The summed E-state index contributed by atoms with van der Waals surface area (Å²) in [5, 5.41) is 9.40. The van der Waals surface area contributed by atoms with E-state index in [1.807, 2.05) is 19.1 Å². The lowest BCUT2D eigenvalue weighted by Gasteiger charge is -2.22. The van der Waals surface area contributed by atoms with Crippen LogP contribution < -0.4 is 4.74 Å². The van der Waals surface area contributed by atoms with Crippen LogP contribution in [0.3, 0.4) is 0 Å². The molecule has 0 radical (unpaired) electrons. The molecule has 0 saturated carbocycles. The van der Waals surface area contributed by atoms with E-state index >= 15 is 0 Å². The van der Waals surface area contributed by atoms with Crippen LogP contribution in [0.15, 0.2) is 18.2 Å². The first-order valence-electron chi connectivity index (χ1n) is 6.79. The molecule has 2 aliphatic heterocycles. The molecule has 0 N–H and O–H groups in total. The molecular weight excluding hydrogens is 274 g/mol. The maximum absolute atomic E-state index is 11.6. The van der Waals surface area contributed by atoms with Gasteiger partial charge in [0, 0.05) is 12.8 Å². The van der Waals surface area contributed by atoms with Gasteiger partial charge in [0.25, 0.3) is 0 Å². The maximum Gasteiger partial charge on any atom is 0.151 e. The number of rotatable bonds is 2. The molecule has 1 aromatic rings. The summed E-state index contributed by atoms with van der Waals surface area (Å²) in [5.41, 5.74) is 1.58. The minimum atomic E-state index is -3.06.